The number of halogens is 1. The Labute approximate surface area is 156 Å². The summed E-state index contributed by atoms with van der Waals surface area (Å²) in [6.07, 6.45) is 1.50. The third-order valence-electron chi connectivity index (χ3n) is 3.35. The van der Waals surface area contributed by atoms with E-state index in [0.717, 1.165) is 11.8 Å². The number of anilines is 1. The van der Waals surface area contributed by atoms with Crippen LogP contribution in [0.4, 0.5) is 11.4 Å². The van der Waals surface area contributed by atoms with Crippen LogP contribution in [0.1, 0.15) is 5.56 Å². The van der Waals surface area contributed by atoms with Crippen molar-refractivity contribution in [2.75, 3.05) is 4.90 Å². The van der Waals surface area contributed by atoms with E-state index in [1.165, 1.54) is 29.2 Å². The molecule has 3 rings (SSSR count). The van der Waals surface area contributed by atoms with Crippen LogP contribution >= 0.6 is 35.6 Å². The molecule has 1 aliphatic rings. The molecule has 25 heavy (non-hydrogen) atoms. The lowest BCUT2D eigenvalue weighted by atomic mass is 10.1. The molecule has 1 amide bonds. The lowest BCUT2D eigenvalue weighted by molar-refractivity contribution is -0.385. The molecule has 0 aromatic heterocycles. The fraction of sp³-hybridized carbons (Fsp3) is 0. The molecule has 9 heteroatoms. The minimum atomic E-state index is -0.691. The first-order valence-electron chi connectivity index (χ1n) is 6.88. The number of nitro benzene ring substituents is 1. The number of carbonyl (C=O) groups excluding carboxylic acids is 1. The summed E-state index contributed by atoms with van der Waals surface area (Å²) in [6.45, 7) is 0. The summed E-state index contributed by atoms with van der Waals surface area (Å²) in [5.41, 5.74) is 0.533. The smallest absolute Gasteiger partial charge is 0.311 e. The van der Waals surface area contributed by atoms with Gasteiger partial charge in [-0.25, -0.2) is 0 Å². The molecule has 1 fully saturated rings. The molecule has 6 nitrogen and oxygen atoms in total. The van der Waals surface area contributed by atoms with Gasteiger partial charge in [-0.05, 0) is 35.9 Å². The van der Waals surface area contributed by atoms with Crippen molar-refractivity contribution in [2.24, 2.45) is 0 Å². The average Bonchev–Trinajstić information content (AvgIpc) is 2.83. The Morgan fingerprint density at radius 3 is 2.72 bits per heavy atom. The Hall–Kier alpha value is -2.42. The molecule has 0 saturated carbocycles. The number of nitrogens with zero attached hydrogens (tertiary/aromatic N) is 2. The van der Waals surface area contributed by atoms with E-state index in [1.807, 2.05) is 0 Å². The molecule has 0 unspecified atom stereocenters. The van der Waals surface area contributed by atoms with E-state index in [2.05, 4.69) is 0 Å². The van der Waals surface area contributed by atoms with E-state index in [-0.39, 0.29) is 5.91 Å². The number of phenols is 1. The lowest BCUT2D eigenvalue weighted by Gasteiger charge is -2.14. The van der Waals surface area contributed by atoms with Crippen molar-refractivity contribution < 1.29 is 14.8 Å². The fourth-order valence-corrected chi connectivity index (χ4v) is 3.72. The van der Waals surface area contributed by atoms with E-state index >= 15 is 0 Å². The number of hydrogen-bond donors (Lipinski definition) is 1. The van der Waals surface area contributed by atoms with Crippen LogP contribution < -0.4 is 4.90 Å². The molecule has 1 aliphatic heterocycles. The summed E-state index contributed by atoms with van der Waals surface area (Å²) < 4.78 is 0.340. The molecule has 0 aliphatic carbocycles. The highest BCUT2D eigenvalue weighted by molar-refractivity contribution is 8.27. The zero-order valence-electron chi connectivity index (χ0n) is 12.4. The zero-order valence-corrected chi connectivity index (χ0v) is 14.8. The van der Waals surface area contributed by atoms with Crippen LogP contribution in [0, 0.1) is 10.1 Å². The zero-order chi connectivity index (χ0) is 18.1. The van der Waals surface area contributed by atoms with Gasteiger partial charge in [0.15, 0.2) is 10.1 Å². The van der Waals surface area contributed by atoms with Crippen molar-refractivity contribution >= 4 is 63.3 Å². The minimum absolute atomic E-state index is 0.324. The van der Waals surface area contributed by atoms with Crippen LogP contribution in [0.25, 0.3) is 6.08 Å². The van der Waals surface area contributed by atoms with Crippen LogP contribution in [0.15, 0.2) is 47.4 Å². The van der Waals surface area contributed by atoms with Crippen molar-refractivity contribution in [1.82, 2.24) is 0 Å². The van der Waals surface area contributed by atoms with Crippen LogP contribution in [0.2, 0.25) is 5.02 Å². The highest BCUT2D eigenvalue weighted by Gasteiger charge is 2.33. The summed E-state index contributed by atoms with van der Waals surface area (Å²) in [5, 5.41) is 20.9. The minimum Gasteiger partial charge on any atom is -0.502 e. The molecule has 0 atom stereocenters. The van der Waals surface area contributed by atoms with Gasteiger partial charge in [-0.1, -0.05) is 47.7 Å². The van der Waals surface area contributed by atoms with Crippen LogP contribution in [0.3, 0.4) is 0 Å². The van der Waals surface area contributed by atoms with Crippen molar-refractivity contribution in [3.63, 3.8) is 0 Å². The highest BCUT2D eigenvalue weighted by atomic mass is 35.5. The molecular weight excluding hydrogens is 384 g/mol. The molecule has 0 radical (unpaired) electrons. The Kier molecular flexibility index (Phi) is 4.76. The normalized spacial score (nSPS) is 15.9. The maximum atomic E-state index is 12.6. The second kappa shape index (κ2) is 6.83. The van der Waals surface area contributed by atoms with E-state index in [9.17, 15) is 20.0 Å². The number of rotatable bonds is 3. The van der Waals surface area contributed by atoms with Crippen LogP contribution in [-0.2, 0) is 4.79 Å². The van der Waals surface area contributed by atoms with Gasteiger partial charge in [0.25, 0.3) is 5.91 Å². The van der Waals surface area contributed by atoms with Crippen molar-refractivity contribution in [2.45, 2.75) is 0 Å². The number of aromatic hydroxyl groups is 1. The first kappa shape index (κ1) is 17.4. The third kappa shape index (κ3) is 3.51. The number of benzene rings is 2. The number of amides is 1. The van der Waals surface area contributed by atoms with Crippen molar-refractivity contribution in [1.29, 1.82) is 0 Å². The van der Waals surface area contributed by atoms with E-state index in [4.69, 9.17) is 23.8 Å². The number of phenolic OH excluding ortho intramolecular Hbond substituents is 1. The summed E-state index contributed by atoms with van der Waals surface area (Å²) in [7, 11) is 0. The molecule has 1 saturated heterocycles. The molecule has 126 valence electrons. The average molecular weight is 393 g/mol. The quantitative estimate of drug-likeness (QED) is 0.361. The van der Waals surface area contributed by atoms with Gasteiger partial charge < -0.3 is 5.11 Å². The van der Waals surface area contributed by atoms with Crippen molar-refractivity contribution in [3.8, 4) is 5.75 Å². The van der Waals surface area contributed by atoms with Crippen molar-refractivity contribution in [3.05, 3.63) is 68.1 Å². The molecule has 1 N–H and O–H groups in total. The van der Waals surface area contributed by atoms with E-state index < -0.39 is 16.4 Å². The molecule has 0 spiro atoms. The van der Waals surface area contributed by atoms with Gasteiger partial charge in [0.05, 0.1) is 15.5 Å². The number of thioether (sulfide) groups is 1. The Morgan fingerprint density at radius 2 is 2.04 bits per heavy atom. The summed E-state index contributed by atoms with van der Waals surface area (Å²) in [4.78, 5) is 24.5. The lowest BCUT2D eigenvalue weighted by Crippen LogP contribution is -2.27. The first-order chi connectivity index (χ1) is 11.9. The Balaban J connectivity index is 1.96. The number of carbonyl (C=O) groups is 1. The monoisotopic (exact) mass is 392 g/mol. The van der Waals surface area contributed by atoms with Gasteiger partial charge in [0.1, 0.15) is 0 Å². The van der Waals surface area contributed by atoms with Gasteiger partial charge in [0, 0.05) is 11.1 Å². The molecular formula is C16H9ClN2O4S2. The summed E-state index contributed by atoms with van der Waals surface area (Å²) in [5.74, 6) is -0.776. The van der Waals surface area contributed by atoms with E-state index in [1.54, 1.807) is 24.3 Å². The predicted molar refractivity (Wildman–Crippen MR) is 102 cm³/mol. The van der Waals surface area contributed by atoms with Gasteiger partial charge in [-0.2, -0.15) is 0 Å². The second-order valence-corrected chi connectivity index (χ2v) is 7.11. The van der Waals surface area contributed by atoms with Gasteiger partial charge in [-0.3, -0.25) is 19.8 Å². The molecule has 1 heterocycles. The largest absolute Gasteiger partial charge is 0.502 e. The maximum absolute atomic E-state index is 12.6. The van der Waals surface area contributed by atoms with Crippen LogP contribution in [-0.4, -0.2) is 20.3 Å². The summed E-state index contributed by atoms with van der Waals surface area (Å²) in [6, 6.07) is 10.6. The van der Waals surface area contributed by atoms with Gasteiger partial charge in [0.2, 0.25) is 0 Å². The topological polar surface area (TPSA) is 83.7 Å². The number of nitro groups is 1. The predicted octanol–water partition coefficient (Wildman–Crippen LogP) is 4.36. The number of hydrogen-bond acceptors (Lipinski definition) is 6. The summed E-state index contributed by atoms with van der Waals surface area (Å²) >= 11 is 12.3. The maximum Gasteiger partial charge on any atom is 0.311 e. The third-order valence-corrected chi connectivity index (χ3v) is 4.89. The Morgan fingerprint density at radius 1 is 1.28 bits per heavy atom. The number of thiocarbonyl (C=S) groups is 1. The Bertz CT molecular complexity index is 945. The first-order valence-corrected chi connectivity index (χ1v) is 8.48. The van der Waals surface area contributed by atoms with E-state index in [0.29, 0.717) is 25.5 Å². The SMILES string of the molecule is O=C1/C(=C/c2ccc(O)c([N+](=O)[O-])c2)SC(=S)N1c1cccc(Cl)c1. The highest BCUT2D eigenvalue weighted by Crippen LogP contribution is 2.37. The van der Waals surface area contributed by atoms with Crippen LogP contribution in [0.5, 0.6) is 5.75 Å². The second-order valence-electron chi connectivity index (χ2n) is 5.00. The molecule has 2 aromatic rings. The fourth-order valence-electron chi connectivity index (χ4n) is 2.23. The molecule has 2 aromatic carbocycles. The molecule has 0 bridgehead atoms. The van der Waals surface area contributed by atoms with Gasteiger partial charge in [-0.15, -0.1) is 0 Å². The van der Waals surface area contributed by atoms with Gasteiger partial charge >= 0.3 is 5.69 Å². The standard InChI is InChI=1S/C16H9ClN2O4S2/c17-10-2-1-3-11(8-10)18-15(21)14(25-16(18)24)7-9-4-5-13(20)12(6-9)19(22)23/h1-8,20H/b14-7-.